The number of nitrogen functional groups attached to an aromatic ring is 1. The minimum atomic E-state index is 0.755. The van der Waals surface area contributed by atoms with E-state index in [0.717, 1.165) is 18.2 Å². The number of benzene rings is 1. The van der Waals surface area contributed by atoms with Gasteiger partial charge in [-0.25, -0.2) is 10.8 Å². The van der Waals surface area contributed by atoms with E-state index in [2.05, 4.69) is 53.4 Å². The Labute approximate surface area is 111 Å². The Bertz CT molecular complexity index is 509. The average Bonchev–Trinajstić information content (AvgIpc) is 2.83. The van der Waals surface area contributed by atoms with Crippen LogP contribution >= 0.6 is 11.3 Å². The van der Waals surface area contributed by atoms with Gasteiger partial charge in [0.25, 0.3) is 0 Å². The van der Waals surface area contributed by atoms with Crippen LogP contribution in [0.1, 0.15) is 17.4 Å². The van der Waals surface area contributed by atoms with Crippen molar-refractivity contribution >= 4 is 22.2 Å². The molecule has 0 amide bonds. The molecule has 0 atom stereocenters. The van der Waals surface area contributed by atoms with E-state index in [4.69, 9.17) is 5.84 Å². The van der Waals surface area contributed by atoms with Crippen molar-refractivity contribution in [2.24, 2.45) is 5.84 Å². The molecule has 0 aliphatic heterocycles. The van der Waals surface area contributed by atoms with Gasteiger partial charge in [-0.2, -0.15) is 0 Å². The Balaban J connectivity index is 2.14. The molecular formula is C13H18N4S. The Kier molecular flexibility index (Phi) is 4.17. The lowest BCUT2D eigenvalue weighted by atomic mass is 10.2. The van der Waals surface area contributed by atoms with Crippen molar-refractivity contribution in [3.05, 3.63) is 40.9 Å². The number of anilines is 2. The maximum absolute atomic E-state index is 5.34. The van der Waals surface area contributed by atoms with Crippen LogP contribution in [0, 0.1) is 6.92 Å². The molecule has 4 nitrogen and oxygen atoms in total. The molecule has 0 aliphatic rings. The van der Waals surface area contributed by atoms with Crippen molar-refractivity contribution in [1.82, 2.24) is 4.98 Å². The molecular weight excluding hydrogens is 244 g/mol. The summed E-state index contributed by atoms with van der Waals surface area (Å²) in [5, 5.41) is 0.755. The summed E-state index contributed by atoms with van der Waals surface area (Å²) in [6.07, 6.45) is 1.87. The van der Waals surface area contributed by atoms with E-state index in [-0.39, 0.29) is 0 Å². The molecule has 3 N–H and O–H groups in total. The Hall–Kier alpha value is -1.59. The van der Waals surface area contributed by atoms with E-state index in [1.807, 2.05) is 6.20 Å². The van der Waals surface area contributed by atoms with Gasteiger partial charge in [0, 0.05) is 23.3 Å². The third-order valence-corrected chi connectivity index (χ3v) is 3.69. The number of hydrazine groups is 1. The summed E-state index contributed by atoms with van der Waals surface area (Å²) in [4.78, 5) is 7.71. The Morgan fingerprint density at radius 1 is 1.44 bits per heavy atom. The van der Waals surface area contributed by atoms with Crippen LogP contribution in [-0.4, -0.2) is 11.5 Å². The van der Waals surface area contributed by atoms with Crippen molar-refractivity contribution in [3.63, 3.8) is 0 Å². The van der Waals surface area contributed by atoms with E-state index in [9.17, 15) is 0 Å². The van der Waals surface area contributed by atoms with Gasteiger partial charge in [-0.15, -0.1) is 0 Å². The van der Waals surface area contributed by atoms with Gasteiger partial charge < -0.3 is 4.90 Å². The molecule has 0 saturated carbocycles. The van der Waals surface area contributed by atoms with Crippen molar-refractivity contribution in [3.8, 4) is 0 Å². The second-order valence-electron chi connectivity index (χ2n) is 4.13. The predicted molar refractivity (Wildman–Crippen MR) is 77.8 cm³/mol. The van der Waals surface area contributed by atoms with Gasteiger partial charge in [0.15, 0.2) is 5.13 Å². The zero-order chi connectivity index (χ0) is 13.0. The topological polar surface area (TPSA) is 54.2 Å². The molecule has 1 aromatic carbocycles. The second kappa shape index (κ2) is 5.84. The quantitative estimate of drug-likeness (QED) is 0.642. The van der Waals surface area contributed by atoms with Crippen molar-refractivity contribution in [2.75, 3.05) is 16.9 Å². The third-order valence-electron chi connectivity index (χ3n) is 2.77. The largest absolute Gasteiger partial charge is 0.367 e. The molecule has 18 heavy (non-hydrogen) atoms. The van der Waals surface area contributed by atoms with E-state index in [1.54, 1.807) is 11.3 Å². The van der Waals surface area contributed by atoms with E-state index in [1.165, 1.54) is 16.1 Å². The van der Waals surface area contributed by atoms with Gasteiger partial charge in [-0.1, -0.05) is 23.5 Å². The summed E-state index contributed by atoms with van der Waals surface area (Å²) < 4.78 is 0. The molecule has 0 bridgehead atoms. The van der Waals surface area contributed by atoms with Crippen molar-refractivity contribution < 1.29 is 0 Å². The minimum absolute atomic E-state index is 0.755. The fraction of sp³-hybridized carbons (Fsp3) is 0.308. The number of nitrogens with zero attached hydrogens (tertiary/aromatic N) is 2. The lowest BCUT2D eigenvalue weighted by Crippen LogP contribution is -2.21. The molecule has 0 radical (unpaired) electrons. The zero-order valence-electron chi connectivity index (χ0n) is 10.7. The van der Waals surface area contributed by atoms with Crippen LogP contribution in [0.4, 0.5) is 10.8 Å². The van der Waals surface area contributed by atoms with E-state index >= 15 is 0 Å². The number of aromatic nitrogens is 1. The summed E-state index contributed by atoms with van der Waals surface area (Å²) >= 11 is 1.59. The molecule has 0 spiro atoms. The summed E-state index contributed by atoms with van der Waals surface area (Å²) in [5.74, 6) is 5.34. The number of thiazole rings is 1. The number of hydrogen-bond donors (Lipinski definition) is 2. The maximum atomic E-state index is 5.34. The number of nitrogens with one attached hydrogen (secondary N) is 1. The first-order chi connectivity index (χ1) is 8.72. The first-order valence-electron chi connectivity index (χ1n) is 5.96. The van der Waals surface area contributed by atoms with Gasteiger partial charge in [0.05, 0.1) is 6.54 Å². The van der Waals surface area contributed by atoms with Crippen LogP contribution in [-0.2, 0) is 6.54 Å². The second-order valence-corrected chi connectivity index (χ2v) is 5.24. The van der Waals surface area contributed by atoms with Crippen molar-refractivity contribution in [2.45, 2.75) is 20.4 Å². The lowest BCUT2D eigenvalue weighted by Gasteiger charge is -2.22. The highest BCUT2D eigenvalue weighted by atomic mass is 32.1. The standard InChI is InChI=1S/C13H18N4S/c1-3-17(11-6-4-5-10(2)7-11)9-12-8-15-13(16-14)18-12/h4-8H,3,9,14H2,1-2H3,(H,15,16). The first-order valence-corrected chi connectivity index (χ1v) is 6.77. The van der Waals surface area contributed by atoms with Gasteiger partial charge in [-0.05, 0) is 31.5 Å². The van der Waals surface area contributed by atoms with Gasteiger partial charge >= 0.3 is 0 Å². The monoisotopic (exact) mass is 262 g/mol. The van der Waals surface area contributed by atoms with Gasteiger partial charge in [0.2, 0.25) is 0 Å². The number of aryl methyl sites for hydroxylation is 1. The van der Waals surface area contributed by atoms with Crippen LogP contribution in [0.3, 0.4) is 0 Å². The van der Waals surface area contributed by atoms with E-state index in [0.29, 0.717) is 0 Å². The summed E-state index contributed by atoms with van der Waals surface area (Å²) in [7, 11) is 0. The normalized spacial score (nSPS) is 10.4. The molecule has 2 rings (SSSR count). The molecule has 0 unspecified atom stereocenters. The molecule has 0 aliphatic carbocycles. The fourth-order valence-corrected chi connectivity index (χ4v) is 2.58. The third kappa shape index (κ3) is 3.00. The maximum Gasteiger partial charge on any atom is 0.197 e. The lowest BCUT2D eigenvalue weighted by molar-refractivity contribution is 0.840. The molecule has 0 fully saturated rings. The van der Waals surface area contributed by atoms with Crippen molar-refractivity contribution in [1.29, 1.82) is 0 Å². The summed E-state index contributed by atoms with van der Waals surface area (Å²) in [5.41, 5.74) is 5.10. The number of rotatable bonds is 5. The van der Waals surface area contributed by atoms with Crippen LogP contribution in [0.15, 0.2) is 30.5 Å². The SMILES string of the molecule is CCN(Cc1cnc(NN)s1)c1cccc(C)c1. The van der Waals surface area contributed by atoms with Crippen LogP contribution < -0.4 is 16.2 Å². The highest BCUT2D eigenvalue weighted by molar-refractivity contribution is 7.15. The fourth-order valence-electron chi connectivity index (χ4n) is 1.85. The van der Waals surface area contributed by atoms with Gasteiger partial charge in [0.1, 0.15) is 0 Å². The molecule has 2 aromatic rings. The van der Waals surface area contributed by atoms with Crippen LogP contribution in [0.5, 0.6) is 0 Å². The predicted octanol–water partition coefficient (Wildman–Crippen LogP) is 2.76. The van der Waals surface area contributed by atoms with Crippen LogP contribution in [0.2, 0.25) is 0 Å². The summed E-state index contributed by atoms with van der Waals surface area (Å²) in [6, 6.07) is 8.54. The molecule has 1 aromatic heterocycles. The first kappa shape index (κ1) is 12.9. The highest BCUT2D eigenvalue weighted by Gasteiger charge is 2.08. The smallest absolute Gasteiger partial charge is 0.197 e. The molecule has 0 saturated heterocycles. The summed E-state index contributed by atoms with van der Waals surface area (Å²) in [6.45, 7) is 6.10. The van der Waals surface area contributed by atoms with Gasteiger partial charge in [-0.3, -0.25) is 5.43 Å². The number of nitrogens with two attached hydrogens (primary N) is 1. The highest BCUT2D eigenvalue weighted by Crippen LogP contribution is 2.22. The average molecular weight is 262 g/mol. The van der Waals surface area contributed by atoms with Crippen LogP contribution in [0.25, 0.3) is 0 Å². The zero-order valence-corrected chi connectivity index (χ0v) is 11.5. The minimum Gasteiger partial charge on any atom is -0.367 e. The Morgan fingerprint density at radius 2 is 2.28 bits per heavy atom. The molecule has 1 heterocycles. The molecule has 96 valence electrons. The molecule has 5 heteroatoms. The van der Waals surface area contributed by atoms with E-state index < -0.39 is 0 Å². The Morgan fingerprint density at radius 3 is 2.89 bits per heavy atom. The number of hydrogen-bond acceptors (Lipinski definition) is 5.